The fourth-order valence-electron chi connectivity index (χ4n) is 8.16. The third kappa shape index (κ3) is 8.56. The van der Waals surface area contributed by atoms with Crippen LogP contribution in [0.4, 0.5) is 0 Å². The van der Waals surface area contributed by atoms with E-state index in [1.807, 2.05) is 73.4 Å². The van der Waals surface area contributed by atoms with Gasteiger partial charge >= 0.3 is 0 Å². The number of thiophene rings is 2. The topological polar surface area (TPSA) is 155 Å². The van der Waals surface area contributed by atoms with Gasteiger partial charge in [0, 0.05) is 84.0 Å². The van der Waals surface area contributed by atoms with Crippen LogP contribution in [0.5, 0.6) is 0 Å². The lowest BCUT2D eigenvalue weighted by Gasteiger charge is -2.20. The Morgan fingerprint density at radius 2 is 1.06 bits per heavy atom. The smallest absolute Gasteiger partial charge is 0.269 e. The van der Waals surface area contributed by atoms with E-state index in [-0.39, 0.29) is 15.4 Å². The Hall–Kier alpha value is -5.79. The Balaban J connectivity index is 0.000000188. The fourth-order valence-corrected chi connectivity index (χ4v) is 14.1. The van der Waals surface area contributed by atoms with Gasteiger partial charge in [-0.3, -0.25) is 0 Å². The van der Waals surface area contributed by atoms with Crippen LogP contribution in [0.1, 0.15) is 33.3 Å². The van der Waals surface area contributed by atoms with Gasteiger partial charge in [0.05, 0.1) is 14.7 Å². The van der Waals surface area contributed by atoms with E-state index in [1.165, 1.54) is 30.1 Å². The second-order valence-corrected chi connectivity index (χ2v) is 22.4. The maximum atomic E-state index is 13.9. The quantitative estimate of drug-likeness (QED) is 0.113. The molecule has 0 aliphatic carbocycles. The average Bonchev–Trinajstić information content (AvgIpc) is 4.18. The molecular weight excluding hydrogens is 929 g/mol. The van der Waals surface area contributed by atoms with E-state index in [2.05, 4.69) is 26.4 Å². The summed E-state index contributed by atoms with van der Waals surface area (Å²) in [6.45, 7) is 10.7. The predicted octanol–water partition coefficient (Wildman–Crippen LogP) is 11.0. The molecule has 0 saturated carbocycles. The molecule has 66 heavy (non-hydrogen) atoms. The van der Waals surface area contributed by atoms with Crippen LogP contribution in [-0.2, 0) is 30.1 Å². The maximum Gasteiger partial charge on any atom is 0.269 e. The number of nitrogens with one attached hydrogen (secondary N) is 1. The van der Waals surface area contributed by atoms with Crippen LogP contribution in [-0.4, -0.2) is 79.0 Å². The van der Waals surface area contributed by atoms with E-state index in [1.54, 1.807) is 98.2 Å². The minimum absolute atomic E-state index is 0.121. The molecule has 0 fully saturated rings. The summed E-state index contributed by atoms with van der Waals surface area (Å²) in [6, 6.07) is 28.4. The molecule has 0 radical (unpaired) electrons. The molecule has 0 aliphatic rings. The van der Waals surface area contributed by atoms with Gasteiger partial charge in [-0.25, -0.2) is 39.2 Å². The summed E-state index contributed by atoms with van der Waals surface area (Å²) in [5.74, 6) is 0. The molecule has 0 amide bonds. The molecule has 0 saturated heterocycles. The summed E-state index contributed by atoms with van der Waals surface area (Å²) in [7, 11) is -11.5. The number of aromatic nitrogens is 4. The van der Waals surface area contributed by atoms with Gasteiger partial charge in [-0.2, -0.15) is 31.3 Å². The number of aromatic amines is 1. The second kappa shape index (κ2) is 19.2. The molecule has 0 bridgehead atoms. The standard InChI is InChI=1S/C28H27N3O4S3.C21H21N3O2S2/c1-4-30(5-2)38(34,35)26-9-7-6-8-24(26)25-18-31(37(32,33)22-12-10-20(3)11-13-22)28-27(25)23(14-16-29-28)21-15-17-36-19-21;1-3-24(4-2)28(25,26)19-8-6-5-7-17(19)18-13-23-21-20(18)16(9-11-22-21)15-10-12-27-14-15/h6-19H,4-5H2,1-3H3;5-14H,3-4H2,1-2H3,(H,22,23). The zero-order valence-corrected chi connectivity index (χ0v) is 41.0. The molecule has 6 heterocycles. The first-order valence-electron chi connectivity index (χ1n) is 21.3. The lowest BCUT2D eigenvalue weighted by molar-refractivity contribution is 0.444. The Morgan fingerprint density at radius 3 is 1.58 bits per heavy atom. The fraction of sp³-hybridized carbons (Fsp3) is 0.184. The van der Waals surface area contributed by atoms with Gasteiger partial charge in [-0.15, -0.1) is 0 Å². The van der Waals surface area contributed by atoms with Gasteiger partial charge in [-0.05, 0) is 99.2 Å². The molecule has 6 aromatic heterocycles. The van der Waals surface area contributed by atoms with Crippen molar-refractivity contribution >= 4 is 74.8 Å². The number of aryl methyl sites for hydroxylation is 1. The Bertz CT molecular complexity index is 3490. The van der Waals surface area contributed by atoms with Crippen molar-refractivity contribution in [1.29, 1.82) is 0 Å². The maximum absolute atomic E-state index is 13.9. The van der Waals surface area contributed by atoms with Crippen LogP contribution >= 0.6 is 22.7 Å². The van der Waals surface area contributed by atoms with Crippen molar-refractivity contribution in [2.75, 3.05) is 26.2 Å². The number of hydrogen-bond acceptors (Lipinski definition) is 10. The van der Waals surface area contributed by atoms with E-state index >= 15 is 0 Å². The highest BCUT2D eigenvalue weighted by molar-refractivity contribution is 7.90. The lowest BCUT2D eigenvalue weighted by atomic mass is 9.99. The predicted molar refractivity (Wildman–Crippen MR) is 267 cm³/mol. The largest absolute Gasteiger partial charge is 0.345 e. The number of pyridine rings is 2. The Kier molecular flexibility index (Phi) is 13.6. The van der Waals surface area contributed by atoms with Crippen molar-refractivity contribution in [3.63, 3.8) is 0 Å². The molecule has 0 spiro atoms. The highest BCUT2D eigenvalue weighted by atomic mass is 32.2. The summed E-state index contributed by atoms with van der Waals surface area (Å²) < 4.78 is 85.7. The van der Waals surface area contributed by atoms with Gasteiger partial charge in [0.1, 0.15) is 5.65 Å². The monoisotopic (exact) mass is 976 g/mol. The Morgan fingerprint density at radius 1 is 0.561 bits per heavy atom. The molecule has 9 aromatic rings. The van der Waals surface area contributed by atoms with Crippen LogP contribution in [0.15, 0.2) is 158 Å². The number of rotatable bonds is 14. The van der Waals surface area contributed by atoms with Crippen molar-refractivity contribution in [3.8, 4) is 44.5 Å². The summed E-state index contributed by atoms with van der Waals surface area (Å²) in [5.41, 5.74) is 8.17. The highest BCUT2D eigenvalue weighted by Gasteiger charge is 2.31. The Labute approximate surface area is 394 Å². The zero-order valence-electron chi connectivity index (χ0n) is 36.9. The summed E-state index contributed by atoms with van der Waals surface area (Å²) in [5, 5.41) is 9.55. The van der Waals surface area contributed by atoms with E-state index in [4.69, 9.17) is 0 Å². The molecule has 12 nitrogen and oxygen atoms in total. The molecule has 3 aromatic carbocycles. The highest BCUT2D eigenvalue weighted by Crippen LogP contribution is 2.42. The van der Waals surface area contributed by atoms with Crippen LogP contribution in [0.3, 0.4) is 0 Å². The van der Waals surface area contributed by atoms with Gasteiger partial charge in [0.15, 0.2) is 5.65 Å². The third-order valence-electron chi connectivity index (χ3n) is 11.5. The lowest BCUT2D eigenvalue weighted by Crippen LogP contribution is -2.30. The molecule has 340 valence electrons. The third-order valence-corrected chi connectivity index (χ3v) is 18.7. The molecule has 0 aliphatic heterocycles. The first kappa shape index (κ1) is 46.7. The summed E-state index contributed by atoms with van der Waals surface area (Å²) in [4.78, 5) is 12.7. The summed E-state index contributed by atoms with van der Waals surface area (Å²) in [6.07, 6.45) is 6.70. The molecule has 17 heteroatoms. The normalized spacial score (nSPS) is 12.3. The van der Waals surface area contributed by atoms with E-state index < -0.39 is 30.1 Å². The first-order chi connectivity index (χ1) is 31.8. The number of benzene rings is 3. The number of hydrogen-bond donors (Lipinski definition) is 1. The number of nitrogens with zero attached hydrogens (tertiary/aromatic N) is 5. The van der Waals surface area contributed by atoms with Crippen LogP contribution < -0.4 is 0 Å². The second-order valence-electron chi connectivity index (χ2n) is 15.2. The van der Waals surface area contributed by atoms with Crippen molar-refractivity contribution in [2.45, 2.75) is 49.3 Å². The number of sulfonamides is 2. The van der Waals surface area contributed by atoms with Gasteiger partial charge in [-0.1, -0.05) is 81.8 Å². The first-order valence-corrected chi connectivity index (χ1v) is 27.5. The van der Waals surface area contributed by atoms with Crippen LogP contribution in [0.2, 0.25) is 0 Å². The van der Waals surface area contributed by atoms with Crippen molar-refractivity contribution in [2.24, 2.45) is 0 Å². The number of H-pyrrole nitrogens is 1. The minimum Gasteiger partial charge on any atom is -0.345 e. The molecular formula is C49H48N6O6S5. The summed E-state index contributed by atoms with van der Waals surface area (Å²) >= 11 is 3.16. The van der Waals surface area contributed by atoms with Crippen molar-refractivity contribution < 1.29 is 25.3 Å². The van der Waals surface area contributed by atoms with Gasteiger partial charge in [0.25, 0.3) is 10.0 Å². The molecule has 0 unspecified atom stereocenters. The van der Waals surface area contributed by atoms with Gasteiger partial charge in [0.2, 0.25) is 20.0 Å². The molecule has 1 N–H and O–H groups in total. The van der Waals surface area contributed by atoms with Crippen LogP contribution in [0.25, 0.3) is 66.6 Å². The SMILES string of the molecule is CCN(CC)S(=O)(=O)c1ccccc1-c1c[nH]c2nccc(-c3ccsc3)c12.CCN(CC)S(=O)(=O)c1ccccc1-c1cn(S(=O)(=O)c2ccc(C)cc2)c2nccc(-c3ccsc3)c12. The average molecular weight is 977 g/mol. The zero-order chi connectivity index (χ0) is 46.8. The van der Waals surface area contributed by atoms with E-state index in [9.17, 15) is 25.3 Å². The molecule has 9 rings (SSSR count). The van der Waals surface area contributed by atoms with Crippen molar-refractivity contribution in [3.05, 3.63) is 149 Å². The van der Waals surface area contributed by atoms with Crippen molar-refractivity contribution in [1.82, 2.24) is 27.5 Å². The minimum atomic E-state index is -4.03. The van der Waals surface area contributed by atoms with E-state index in [0.29, 0.717) is 53.2 Å². The van der Waals surface area contributed by atoms with E-state index in [0.717, 1.165) is 44.4 Å². The molecule has 0 atom stereocenters. The van der Waals surface area contributed by atoms with Gasteiger partial charge < -0.3 is 4.98 Å². The number of fused-ring (bicyclic) bond motifs is 2. The van der Waals surface area contributed by atoms with Crippen LogP contribution in [0, 0.1) is 6.92 Å².